The maximum absolute atomic E-state index is 12.4. The van der Waals surface area contributed by atoms with Crippen LogP contribution in [0.5, 0.6) is 5.75 Å². The van der Waals surface area contributed by atoms with Gasteiger partial charge < -0.3 is 10.1 Å². The molecule has 3 heterocycles. The molecule has 0 saturated carbocycles. The van der Waals surface area contributed by atoms with Crippen LogP contribution in [-0.4, -0.2) is 17.5 Å². The van der Waals surface area contributed by atoms with Gasteiger partial charge >= 0.3 is 0 Å². The minimum absolute atomic E-state index is 0.0198. The Kier molecular flexibility index (Phi) is 1.66. The molecular weight excluding hydrogens is 228 g/mol. The van der Waals surface area contributed by atoms with Crippen molar-refractivity contribution in [1.29, 1.82) is 0 Å². The van der Waals surface area contributed by atoms with Crippen molar-refractivity contribution in [3.8, 4) is 5.75 Å². The molecule has 0 radical (unpaired) electrons. The predicted molar refractivity (Wildman–Crippen MR) is 65.6 cm³/mol. The number of anilines is 1. The van der Waals surface area contributed by atoms with Crippen molar-refractivity contribution < 1.29 is 9.53 Å². The van der Waals surface area contributed by atoms with Crippen LogP contribution < -0.4 is 10.1 Å². The Morgan fingerprint density at radius 3 is 3.06 bits per heavy atom. The third-order valence-electron chi connectivity index (χ3n) is 3.71. The SMILES string of the molecule is O=C1Nc2ccccc2C12COc1cnccc12. The summed E-state index contributed by atoms with van der Waals surface area (Å²) in [7, 11) is 0. The number of carbonyl (C=O) groups excluding carboxylic acids is 1. The first-order valence-corrected chi connectivity index (χ1v) is 5.80. The summed E-state index contributed by atoms with van der Waals surface area (Å²) in [5.74, 6) is 0.679. The van der Waals surface area contributed by atoms with Gasteiger partial charge in [0.1, 0.15) is 17.8 Å². The van der Waals surface area contributed by atoms with Crippen LogP contribution in [-0.2, 0) is 10.2 Å². The first-order chi connectivity index (χ1) is 8.82. The molecule has 88 valence electrons. The number of nitrogens with zero attached hydrogens (tertiary/aromatic N) is 1. The lowest BCUT2D eigenvalue weighted by Gasteiger charge is -2.19. The van der Waals surface area contributed by atoms with E-state index in [2.05, 4.69) is 10.3 Å². The Morgan fingerprint density at radius 1 is 1.22 bits per heavy atom. The number of rotatable bonds is 0. The normalized spacial score (nSPS) is 23.4. The van der Waals surface area contributed by atoms with Gasteiger partial charge in [-0.05, 0) is 17.7 Å². The Hall–Kier alpha value is -2.36. The van der Waals surface area contributed by atoms with Crippen LogP contribution in [0.1, 0.15) is 11.1 Å². The highest BCUT2D eigenvalue weighted by Gasteiger charge is 2.53. The van der Waals surface area contributed by atoms with Crippen LogP contribution in [0, 0.1) is 0 Å². The molecule has 1 amide bonds. The largest absolute Gasteiger partial charge is 0.490 e. The number of pyridine rings is 1. The summed E-state index contributed by atoms with van der Waals surface area (Å²) in [5, 5.41) is 2.93. The lowest BCUT2D eigenvalue weighted by atomic mass is 9.77. The summed E-state index contributed by atoms with van der Waals surface area (Å²) < 4.78 is 5.64. The fourth-order valence-electron chi connectivity index (χ4n) is 2.84. The molecule has 1 aromatic carbocycles. The van der Waals surface area contributed by atoms with Gasteiger partial charge in [0.15, 0.2) is 0 Å². The van der Waals surface area contributed by atoms with Gasteiger partial charge in [0.25, 0.3) is 0 Å². The molecule has 1 unspecified atom stereocenters. The van der Waals surface area contributed by atoms with Crippen LogP contribution in [0.15, 0.2) is 42.7 Å². The summed E-state index contributed by atoms with van der Waals surface area (Å²) >= 11 is 0. The van der Waals surface area contributed by atoms with Crippen molar-refractivity contribution in [1.82, 2.24) is 4.98 Å². The predicted octanol–water partition coefficient (Wildman–Crippen LogP) is 1.71. The monoisotopic (exact) mass is 238 g/mol. The molecule has 0 aliphatic carbocycles. The van der Waals surface area contributed by atoms with Crippen LogP contribution in [0.2, 0.25) is 0 Å². The summed E-state index contributed by atoms with van der Waals surface area (Å²) in [5.41, 5.74) is 2.06. The fraction of sp³-hybridized carbons (Fsp3) is 0.143. The van der Waals surface area contributed by atoms with Crippen molar-refractivity contribution in [2.24, 2.45) is 0 Å². The molecule has 1 spiro atoms. The number of para-hydroxylation sites is 1. The number of carbonyl (C=O) groups is 1. The molecular formula is C14H10N2O2. The maximum atomic E-state index is 12.4. The van der Waals surface area contributed by atoms with Gasteiger partial charge in [-0.3, -0.25) is 9.78 Å². The summed E-state index contributed by atoms with van der Waals surface area (Å²) in [6.45, 7) is 0.344. The second kappa shape index (κ2) is 3.10. The van der Waals surface area contributed by atoms with Crippen LogP contribution >= 0.6 is 0 Å². The van der Waals surface area contributed by atoms with E-state index in [1.165, 1.54) is 0 Å². The molecule has 2 aliphatic heterocycles. The highest BCUT2D eigenvalue weighted by molar-refractivity contribution is 6.09. The first kappa shape index (κ1) is 9.65. The molecule has 4 rings (SSSR count). The second-order valence-corrected chi connectivity index (χ2v) is 4.57. The average molecular weight is 238 g/mol. The quantitative estimate of drug-likeness (QED) is 0.760. The van der Waals surface area contributed by atoms with E-state index in [0.717, 1.165) is 16.8 Å². The summed E-state index contributed by atoms with van der Waals surface area (Å²) in [6.07, 6.45) is 3.36. The molecule has 0 saturated heterocycles. The smallest absolute Gasteiger partial charge is 0.243 e. The standard InChI is InChI=1S/C14H10N2O2/c17-13-14(9-3-1-2-4-11(9)16-13)8-18-12-7-15-6-5-10(12)14/h1-7H,8H2,(H,16,17). The van der Waals surface area contributed by atoms with Crippen molar-refractivity contribution in [3.63, 3.8) is 0 Å². The first-order valence-electron chi connectivity index (χ1n) is 5.80. The minimum atomic E-state index is -0.700. The number of aromatic nitrogens is 1. The maximum Gasteiger partial charge on any atom is 0.243 e. The van der Waals surface area contributed by atoms with Crippen LogP contribution in [0.4, 0.5) is 5.69 Å². The zero-order valence-corrected chi connectivity index (χ0v) is 9.51. The Bertz CT molecular complexity index is 655. The number of benzene rings is 1. The molecule has 18 heavy (non-hydrogen) atoms. The average Bonchev–Trinajstić information content (AvgIpc) is 2.92. The number of hydrogen-bond donors (Lipinski definition) is 1. The minimum Gasteiger partial charge on any atom is -0.490 e. The zero-order chi connectivity index (χ0) is 12.2. The van der Waals surface area contributed by atoms with Gasteiger partial charge in [0.05, 0.1) is 6.20 Å². The number of nitrogens with one attached hydrogen (secondary N) is 1. The van der Waals surface area contributed by atoms with E-state index in [9.17, 15) is 4.79 Å². The van der Waals surface area contributed by atoms with Crippen LogP contribution in [0.25, 0.3) is 0 Å². The van der Waals surface area contributed by atoms with Gasteiger partial charge in [-0.25, -0.2) is 0 Å². The van der Waals surface area contributed by atoms with E-state index in [0.29, 0.717) is 12.4 Å². The van der Waals surface area contributed by atoms with E-state index in [1.54, 1.807) is 12.4 Å². The Morgan fingerprint density at radius 2 is 2.11 bits per heavy atom. The summed E-state index contributed by atoms with van der Waals surface area (Å²) in [6, 6.07) is 9.62. The van der Waals surface area contributed by atoms with Gasteiger partial charge in [0, 0.05) is 17.4 Å². The molecule has 1 aromatic heterocycles. The number of fused-ring (bicyclic) bond motifs is 4. The van der Waals surface area contributed by atoms with Gasteiger partial charge in [0.2, 0.25) is 5.91 Å². The molecule has 0 bridgehead atoms. The van der Waals surface area contributed by atoms with Crippen molar-refractivity contribution in [2.75, 3.05) is 11.9 Å². The molecule has 0 fully saturated rings. The number of ether oxygens (including phenoxy) is 1. The van der Waals surface area contributed by atoms with Crippen LogP contribution in [0.3, 0.4) is 0 Å². The molecule has 2 aliphatic rings. The third kappa shape index (κ3) is 0.960. The highest BCUT2D eigenvalue weighted by Crippen LogP contribution is 2.49. The van der Waals surface area contributed by atoms with E-state index in [4.69, 9.17) is 4.74 Å². The highest BCUT2D eigenvalue weighted by atomic mass is 16.5. The number of hydrogen-bond acceptors (Lipinski definition) is 3. The third-order valence-corrected chi connectivity index (χ3v) is 3.71. The topological polar surface area (TPSA) is 51.2 Å². The lowest BCUT2D eigenvalue weighted by Crippen LogP contribution is -2.37. The Balaban J connectivity index is 2.04. The van der Waals surface area contributed by atoms with E-state index >= 15 is 0 Å². The fourth-order valence-corrected chi connectivity index (χ4v) is 2.84. The van der Waals surface area contributed by atoms with Gasteiger partial charge in [-0.15, -0.1) is 0 Å². The zero-order valence-electron chi connectivity index (χ0n) is 9.51. The van der Waals surface area contributed by atoms with Crippen molar-refractivity contribution in [2.45, 2.75) is 5.41 Å². The lowest BCUT2D eigenvalue weighted by molar-refractivity contribution is -0.119. The number of amides is 1. The van der Waals surface area contributed by atoms with Crippen molar-refractivity contribution >= 4 is 11.6 Å². The molecule has 2 aromatic rings. The van der Waals surface area contributed by atoms with Gasteiger partial charge in [-0.2, -0.15) is 0 Å². The van der Waals surface area contributed by atoms with E-state index < -0.39 is 5.41 Å². The Labute approximate surface area is 104 Å². The van der Waals surface area contributed by atoms with E-state index in [1.807, 2.05) is 30.3 Å². The molecule has 1 N–H and O–H groups in total. The molecule has 1 atom stereocenters. The summed E-state index contributed by atoms with van der Waals surface area (Å²) in [4.78, 5) is 16.4. The molecule has 4 nitrogen and oxygen atoms in total. The van der Waals surface area contributed by atoms with Gasteiger partial charge in [-0.1, -0.05) is 18.2 Å². The second-order valence-electron chi connectivity index (χ2n) is 4.57. The van der Waals surface area contributed by atoms with E-state index in [-0.39, 0.29) is 5.91 Å². The van der Waals surface area contributed by atoms with Crippen molar-refractivity contribution in [3.05, 3.63) is 53.9 Å². The molecule has 4 heteroatoms.